The molecule has 2 aliphatic heterocycles. The number of rotatable bonds is 8. The van der Waals surface area contributed by atoms with Crippen LogP contribution in [0.5, 0.6) is 0 Å². The van der Waals surface area contributed by atoms with E-state index in [1.165, 1.54) is 49.7 Å². The second kappa shape index (κ2) is 17.9. The minimum absolute atomic E-state index is 0.0779. The zero-order valence-electron chi connectivity index (χ0n) is 40.1. The minimum Gasteiger partial charge on any atom is -0.460 e. The number of dihydropyridines is 1. The number of aliphatic imine (C=N–C) groups is 2. The summed E-state index contributed by atoms with van der Waals surface area (Å²) in [6.45, 7) is 5.30. The summed E-state index contributed by atoms with van der Waals surface area (Å²) >= 11 is 0. The molecular weight excluding hydrogens is 867 g/mol. The lowest BCUT2D eigenvalue weighted by molar-refractivity contribution is 0.502. The van der Waals surface area contributed by atoms with Crippen LogP contribution in [-0.2, 0) is 0 Å². The highest BCUT2D eigenvalue weighted by Gasteiger charge is 2.36. The van der Waals surface area contributed by atoms with Crippen molar-refractivity contribution in [2.45, 2.75) is 51.6 Å². The van der Waals surface area contributed by atoms with Gasteiger partial charge in [0.2, 0.25) is 0 Å². The van der Waals surface area contributed by atoms with Crippen molar-refractivity contribution in [3.05, 3.63) is 251 Å². The number of hydrogen-bond donors (Lipinski definition) is 2. The lowest BCUT2D eigenvalue weighted by Gasteiger charge is -2.34. The van der Waals surface area contributed by atoms with Crippen molar-refractivity contribution in [3.8, 4) is 5.69 Å². The number of allylic oxidation sites excluding steroid dienone is 8. The van der Waals surface area contributed by atoms with Crippen molar-refractivity contribution in [2.24, 2.45) is 21.8 Å². The zero-order valence-corrected chi connectivity index (χ0v) is 40.1. The van der Waals surface area contributed by atoms with E-state index in [2.05, 4.69) is 229 Å². The van der Waals surface area contributed by atoms with Crippen LogP contribution in [0.1, 0.15) is 73.5 Å². The number of aromatic nitrogens is 1. The maximum Gasteiger partial charge on any atom is 0.159 e. The van der Waals surface area contributed by atoms with E-state index in [1.807, 2.05) is 0 Å². The van der Waals surface area contributed by atoms with Gasteiger partial charge < -0.3 is 19.6 Å². The highest BCUT2D eigenvalue weighted by Crippen LogP contribution is 2.49. The van der Waals surface area contributed by atoms with Crippen molar-refractivity contribution < 1.29 is 4.42 Å². The van der Waals surface area contributed by atoms with Gasteiger partial charge in [-0.15, -0.1) is 0 Å². The van der Waals surface area contributed by atoms with Crippen molar-refractivity contribution in [2.75, 3.05) is 6.54 Å². The van der Waals surface area contributed by atoms with E-state index in [0.717, 1.165) is 93.3 Å². The van der Waals surface area contributed by atoms with Gasteiger partial charge in [0.25, 0.3) is 0 Å². The number of fused-ring (bicyclic) bond motifs is 7. The minimum atomic E-state index is -0.446. The Balaban J connectivity index is 1.05. The van der Waals surface area contributed by atoms with Crippen LogP contribution in [0, 0.1) is 11.8 Å². The summed E-state index contributed by atoms with van der Waals surface area (Å²) in [4.78, 5) is 11.0. The van der Waals surface area contributed by atoms with Crippen LogP contribution in [0.3, 0.4) is 0 Å². The summed E-state index contributed by atoms with van der Waals surface area (Å²) < 4.78 is 9.54. The highest BCUT2D eigenvalue weighted by molar-refractivity contribution is 6.21. The van der Waals surface area contributed by atoms with Crippen LogP contribution in [0.4, 0.5) is 0 Å². The first-order chi connectivity index (χ1) is 35.1. The van der Waals surface area contributed by atoms with Crippen LogP contribution in [0.2, 0.25) is 0 Å². The van der Waals surface area contributed by atoms with Gasteiger partial charge in [-0.2, -0.15) is 0 Å². The summed E-state index contributed by atoms with van der Waals surface area (Å²) in [5.41, 5.74) is 17.6. The zero-order chi connectivity index (χ0) is 47.4. The largest absolute Gasteiger partial charge is 0.460 e. The molecule has 2 aromatic heterocycles. The number of amidine groups is 2. The number of benzene rings is 6. The van der Waals surface area contributed by atoms with Gasteiger partial charge >= 0.3 is 0 Å². The Morgan fingerprint density at radius 1 is 0.662 bits per heavy atom. The van der Waals surface area contributed by atoms with Crippen molar-refractivity contribution in [3.63, 3.8) is 0 Å². The van der Waals surface area contributed by atoms with Gasteiger partial charge in [-0.1, -0.05) is 178 Å². The first kappa shape index (κ1) is 42.8. The van der Waals surface area contributed by atoms with Crippen molar-refractivity contribution in [1.29, 1.82) is 0 Å². The van der Waals surface area contributed by atoms with E-state index in [-0.39, 0.29) is 11.8 Å². The van der Waals surface area contributed by atoms with Gasteiger partial charge in [-0.05, 0) is 101 Å². The summed E-state index contributed by atoms with van der Waals surface area (Å²) in [6.07, 6.45) is 19.5. The summed E-state index contributed by atoms with van der Waals surface area (Å²) in [6, 6.07) is 56.3. The molecule has 4 heterocycles. The predicted molar refractivity (Wildman–Crippen MR) is 295 cm³/mol. The topological polar surface area (TPSA) is 66.8 Å². The molecular formula is C65H55N5O. The number of nitrogens with one attached hydrogen (secondary N) is 2. The number of nitrogens with zero attached hydrogens (tertiary/aromatic N) is 3. The van der Waals surface area contributed by atoms with E-state index in [4.69, 9.17) is 14.4 Å². The fourth-order valence-corrected chi connectivity index (χ4v) is 11.7. The average molecular weight is 922 g/mol. The molecule has 5 aliphatic rings. The Bertz CT molecular complexity index is 3690. The molecule has 8 aromatic rings. The average Bonchev–Trinajstić information content (AvgIpc) is 3.92. The lowest BCUT2D eigenvalue weighted by Crippen LogP contribution is -2.45. The van der Waals surface area contributed by atoms with E-state index in [1.54, 1.807) is 0 Å². The van der Waals surface area contributed by atoms with Crippen LogP contribution < -0.4 is 10.6 Å². The highest BCUT2D eigenvalue weighted by atomic mass is 16.3. The lowest BCUT2D eigenvalue weighted by atomic mass is 9.80. The molecule has 0 fully saturated rings. The molecule has 6 aromatic carbocycles. The Hall–Kier alpha value is -8.22. The second-order valence-corrected chi connectivity index (χ2v) is 19.7. The molecule has 4 unspecified atom stereocenters. The maximum absolute atomic E-state index is 7.10. The van der Waals surface area contributed by atoms with Crippen LogP contribution in [-0.4, -0.2) is 28.9 Å². The van der Waals surface area contributed by atoms with E-state index in [9.17, 15) is 0 Å². The first-order valence-electron chi connectivity index (χ1n) is 25.4. The van der Waals surface area contributed by atoms with Gasteiger partial charge in [0.05, 0.1) is 16.4 Å². The van der Waals surface area contributed by atoms with Gasteiger partial charge in [-0.25, -0.2) is 9.98 Å². The summed E-state index contributed by atoms with van der Waals surface area (Å²) in [5.74, 6) is 3.31. The second-order valence-electron chi connectivity index (χ2n) is 19.7. The molecule has 0 radical (unpaired) electrons. The number of furan rings is 1. The Morgan fingerprint density at radius 3 is 2.17 bits per heavy atom. The standard InChI is InChI=1S/C65H55N5O/c1-41-20-8-3-17-29-49(41)64-67-63(45-25-13-6-14-26-45)68-65(69-64)55-39-47(46-33-35-50(43-21-9-4-10-22-43)54(38-46)44-23-11-5-12-24-44)40-66-60(55)53-34-32-42(2)62-58(53)59-57(71-62)37-36-52-51-30-18-19-31-56(51)70(61(52)59)48-27-15-7-16-28-48/h3-19,21-31,34,36-39,41-42,49,65-66H,20,32-33,35,40H2,1-2H3,(H,67,68,69). The summed E-state index contributed by atoms with van der Waals surface area (Å²) in [7, 11) is 0. The third kappa shape index (κ3) is 7.57. The molecule has 71 heavy (non-hydrogen) atoms. The van der Waals surface area contributed by atoms with Crippen LogP contribution in [0.25, 0.3) is 55.2 Å². The Morgan fingerprint density at radius 2 is 1.38 bits per heavy atom. The van der Waals surface area contributed by atoms with Gasteiger partial charge in [-0.3, -0.25) is 0 Å². The van der Waals surface area contributed by atoms with Gasteiger partial charge in [0.1, 0.15) is 23.3 Å². The third-order valence-electron chi connectivity index (χ3n) is 15.3. The predicted octanol–water partition coefficient (Wildman–Crippen LogP) is 15.1. The molecule has 6 heteroatoms. The van der Waals surface area contributed by atoms with E-state index < -0.39 is 6.17 Å². The molecule has 6 nitrogen and oxygen atoms in total. The fourth-order valence-electron chi connectivity index (χ4n) is 11.7. The number of para-hydroxylation sites is 2. The molecule has 0 bridgehead atoms. The van der Waals surface area contributed by atoms with Crippen LogP contribution >= 0.6 is 0 Å². The Labute approximate surface area is 415 Å². The Kier molecular flexibility index (Phi) is 10.8. The molecule has 2 N–H and O–H groups in total. The quantitative estimate of drug-likeness (QED) is 0.160. The first-order valence-corrected chi connectivity index (χ1v) is 25.4. The molecule has 346 valence electrons. The molecule has 4 atom stereocenters. The van der Waals surface area contributed by atoms with E-state index >= 15 is 0 Å². The maximum atomic E-state index is 7.10. The van der Waals surface area contributed by atoms with Gasteiger partial charge in [0.15, 0.2) is 5.84 Å². The third-order valence-corrected chi connectivity index (χ3v) is 15.3. The molecule has 0 spiro atoms. The molecule has 0 saturated heterocycles. The van der Waals surface area contributed by atoms with Crippen LogP contribution in [0.15, 0.2) is 237 Å². The van der Waals surface area contributed by atoms with Crippen molar-refractivity contribution >= 4 is 61.2 Å². The van der Waals surface area contributed by atoms with Gasteiger partial charge in [0, 0.05) is 62.8 Å². The van der Waals surface area contributed by atoms with E-state index in [0.29, 0.717) is 12.5 Å². The molecule has 3 aliphatic carbocycles. The molecule has 13 rings (SSSR count). The smallest absolute Gasteiger partial charge is 0.159 e. The molecule has 0 saturated carbocycles. The fraction of sp³-hybridized carbons (Fsp3) is 0.169. The normalized spacial score (nSPS) is 21.2. The van der Waals surface area contributed by atoms with Crippen molar-refractivity contribution in [1.82, 2.24) is 15.2 Å². The summed E-state index contributed by atoms with van der Waals surface area (Å²) in [5, 5.41) is 11.7. The monoisotopic (exact) mass is 921 g/mol. The molecule has 0 amide bonds. The SMILES string of the molecule is CC1CC=C(C2=C(C3N=C(c4ccccc4)N=C(C4C=CC=CCC4C)N3)C=C(C3=CC(c4ccccc4)=C(c4ccccc4)CC3)CN2)c2c1oc1ccc3c4ccccc4n(-c4ccccc4)c3c21. The number of hydrogen-bond acceptors (Lipinski definition) is 5.